The average molecular weight is 180 g/mol. The van der Waals surface area contributed by atoms with Crippen LogP contribution in [-0.4, -0.2) is 24.4 Å². The largest absolute Gasteiger partial charge is 0.389 e. The number of oxime groups is 1. The van der Waals surface area contributed by atoms with E-state index in [4.69, 9.17) is 4.84 Å². The molecule has 1 saturated carbocycles. The van der Waals surface area contributed by atoms with Crippen LogP contribution in [-0.2, 0) is 4.84 Å². The van der Waals surface area contributed by atoms with Crippen LogP contribution < -0.4 is 5.32 Å². The van der Waals surface area contributed by atoms with Crippen LogP contribution >= 0.6 is 0 Å². The minimum atomic E-state index is 0.100. The standard InChI is InChI=1S/C10H16N2O/c1-2-8(1)9-7-10(13-12-9)3-5-11-6-4-10/h8,11H,1-7H2. The molecule has 0 amide bonds. The second-order valence-electron chi connectivity index (χ2n) is 4.56. The van der Waals surface area contributed by atoms with Crippen molar-refractivity contribution in [1.29, 1.82) is 0 Å². The first-order chi connectivity index (χ1) is 6.38. The van der Waals surface area contributed by atoms with Crippen LogP contribution in [0, 0.1) is 5.92 Å². The Morgan fingerprint density at radius 1 is 1.31 bits per heavy atom. The summed E-state index contributed by atoms with van der Waals surface area (Å²) in [5.41, 5.74) is 1.45. The molecule has 13 heavy (non-hydrogen) atoms. The summed E-state index contributed by atoms with van der Waals surface area (Å²) in [4.78, 5) is 5.64. The molecule has 1 N–H and O–H groups in total. The number of nitrogens with one attached hydrogen (secondary N) is 1. The number of piperidine rings is 1. The summed E-state index contributed by atoms with van der Waals surface area (Å²) < 4.78 is 0. The lowest BCUT2D eigenvalue weighted by Gasteiger charge is -2.30. The summed E-state index contributed by atoms with van der Waals surface area (Å²) in [6.45, 7) is 2.18. The molecule has 1 spiro atoms. The Morgan fingerprint density at radius 3 is 2.77 bits per heavy atom. The van der Waals surface area contributed by atoms with Crippen LogP contribution in [0.3, 0.4) is 0 Å². The minimum absolute atomic E-state index is 0.100. The average Bonchev–Trinajstić information content (AvgIpc) is 2.93. The second kappa shape index (κ2) is 2.71. The van der Waals surface area contributed by atoms with Crippen LogP contribution in [0.15, 0.2) is 5.16 Å². The van der Waals surface area contributed by atoms with Crippen molar-refractivity contribution >= 4 is 5.71 Å². The second-order valence-corrected chi connectivity index (χ2v) is 4.56. The summed E-state index contributed by atoms with van der Waals surface area (Å²) in [5.74, 6) is 0.786. The number of hydrogen-bond donors (Lipinski definition) is 1. The lowest BCUT2D eigenvalue weighted by molar-refractivity contribution is -0.0400. The van der Waals surface area contributed by atoms with E-state index in [0.29, 0.717) is 0 Å². The normalized spacial score (nSPS) is 31.5. The van der Waals surface area contributed by atoms with Gasteiger partial charge < -0.3 is 10.2 Å². The molecule has 3 aliphatic rings. The Labute approximate surface area is 78.5 Å². The Morgan fingerprint density at radius 2 is 2.08 bits per heavy atom. The first kappa shape index (κ1) is 7.80. The van der Waals surface area contributed by atoms with Crippen LogP contribution in [0.2, 0.25) is 0 Å². The van der Waals surface area contributed by atoms with E-state index in [1.165, 1.54) is 18.6 Å². The topological polar surface area (TPSA) is 33.6 Å². The van der Waals surface area contributed by atoms with Gasteiger partial charge in [0.05, 0.1) is 5.71 Å². The van der Waals surface area contributed by atoms with Gasteiger partial charge in [-0.1, -0.05) is 5.16 Å². The summed E-state index contributed by atoms with van der Waals surface area (Å²) in [6, 6.07) is 0. The van der Waals surface area contributed by atoms with Crippen LogP contribution in [0.5, 0.6) is 0 Å². The molecule has 0 radical (unpaired) electrons. The van der Waals surface area contributed by atoms with Gasteiger partial charge in [-0.15, -0.1) is 0 Å². The first-order valence-electron chi connectivity index (χ1n) is 5.34. The third-order valence-electron chi connectivity index (χ3n) is 3.42. The smallest absolute Gasteiger partial charge is 0.145 e. The fourth-order valence-electron chi connectivity index (χ4n) is 2.34. The molecule has 0 aromatic rings. The third-order valence-corrected chi connectivity index (χ3v) is 3.42. The van der Waals surface area contributed by atoms with E-state index in [2.05, 4.69) is 10.5 Å². The van der Waals surface area contributed by atoms with Gasteiger partial charge in [0.1, 0.15) is 5.60 Å². The van der Waals surface area contributed by atoms with Crippen LogP contribution in [0.1, 0.15) is 32.1 Å². The van der Waals surface area contributed by atoms with Gasteiger partial charge in [0, 0.05) is 25.2 Å². The van der Waals surface area contributed by atoms with Gasteiger partial charge in [-0.25, -0.2) is 0 Å². The van der Waals surface area contributed by atoms with E-state index in [9.17, 15) is 0 Å². The number of hydrogen-bond acceptors (Lipinski definition) is 3. The Kier molecular flexibility index (Phi) is 1.62. The highest BCUT2D eigenvalue weighted by atomic mass is 16.7. The maximum Gasteiger partial charge on any atom is 0.145 e. The molecule has 3 heteroatoms. The van der Waals surface area contributed by atoms with Crippen molar-refractivity contribution in [1.82, 2.24) is 5.32 Å². The van der Waals surface area contributed by atoms with Gasteiger partial charge in [-0.3, -0.25) is 0 Å². The molecule has 2 fully saturated rings. The maximum atomic E-state index is 5.64. The van der Waals surface area contributed by atoms with Crippen molar-refractivity contribution in [3.8, 4) is 0 Å². The van der Waals surface area contributed by atoms with Gasteiger partial charge in [0.25, 0.3) is 0 Å². The van der Waals surface area contributed by atoms with Crippen LogP contribution in [0.4, 0.5) is 0 Å². The predicted octanol–water partition coefficient (Wildman–Crippen LogP) is 1.29. The van der Waals surface area contributed by atoms with E-state index in [0.717, 1.165) is 38.3 Å². The number of nitrogens with zero attached hydrogens (tertiary/aromatic N) is 1. The molecular formula is C10H16N2O. The molecule has 2 heterocycles. The Bertz CT molecular complexity index is 239. The zero-order valence-electron chi connectivity index (χ0n) is 7.88. The quantitative estimate of drug-likeness (QED) is 0.659. The molecule has 0 unspecified atom stereocenters. The SMILES string of the molecule is C1CC2(CCN1)CC(C1CC1)=NO2. The molecule has 72 valence electrons. The molecule has 1 saturated heterocycles. The van der Waals surface area contributed by atoms with Crippen molar-refractivity contribution < 1.29 is 4.84 Å². The fourth-order valence-corrected chi connectivity index (χ4v) is 2.34. The first-order valence-corrected chi connectivity index (χ1v) is 5.34. The summed E-state index contributed by atoms with van der Waals surface area (Å²) in [6.07, 6.45) is 6.06. The van der Waals surface area contributed by atoms with Crippen molar-refractivity contribution in [2.75, 3.05) is 13.1 Å². The molecule has 1 aliphatic carbocycles. The fraction of sp³-hybridized carbons (Fsp3) is 0.900. The van der Waals surface area contributed by atoms with E-state index < -0.39 is 0 Å². The molecule has 3 rings (SSSR count). The van der Waals surface area contributed by atoms with E-state index in [-0.39, 0.29) is 5.60 Å². The van der Waals surface area contributed by atoms with Gasteiger partial charge in [-0.05, 0) is 25.9 Å². The van der Waals surface area contributed by atoms with E-state index in [1.807, 2.05) is 0 Å². The Hall–Kier alpha value is -0.570. The minimum Gasteiger partial charge on any atom is -0.389 e. The van der Waals surface area contributed by atoms with Crippen molar-refractivity contribution in [2.45, 2.75) is 37.7 Å². The molecule has 2 aliphatic heterocycles. The molecule has 0 bridgehead atoms. The van der Waals surface area contributed by atoms with Crippen molar-refractivity contribution in [2.24, 2.45) is 11.1 Å². The molecule has 3 nitrogen and oxygen atoms in total. The monoisotopic (exact) mass is 180 g/mol. The van der Waals surface area contributed by atoms with E-state index in [1.54, 1.807) is 0 Å². The van der Waals surface area contributed by atoms with Crippen molar-refractivity contribution in [3.05, 3.63) is 0 Å². The third kappa shape index (κ3) is 1.35. The Balaban J connectivity index is 1.68. The van der Waals surface area contributed by atoms with Crippen molar-refractivity contribution in [3.63, 3.8) is 0 Å². The van der Waals surface area contributed by atoms with Crippen LogP contribution in [0.25, 0.3) is 0 Å². The van der Waals surface area contributed by atoms with Gasteiger partial charge in [0.15, 0.2) is 0 Å². The summed E-state index contributed by atoms with van der Waals surface area (Å²) >= 11 is 0. The highest BCUT2D eigenvalue weighted by Crippen LogP contribution is 2.40. The predicted molar refractivity (Wildman–Crippen MR) is 50.7 cm³/mol. The highest BCUT2D eigenvalue weighted by Gasteiger charge is 2.44. The van der Waals surface area contributed by atoms with E-state index >= 15 is 0 Å². The lowest BCUT2D eigenvalue weighted by atomic mass is 9.87. The molecular weight excluding hydrogens is 164 g/mol. The molecule has 0 aromatic carbocycles. The zero-order chi connectivity index (χ0) is 8.73. The van der Waals surface area contributed by atoms with Gasteiger partial charge in [0.2, 0.25) is 0 Å². The maximum absolute atomic E-state index is 5.64. The van der Waals surface area contributed by atoms with Gasteiger partial charge in [-0.2, -0.15) is 0 Å². The molecule has 0 aromatic heterocycles. The number of rotatable bonds is 1. The molecule has 0 atom stereocenters. The summed E-state index contributed by atoms with van der Waals surface area (Å²) in [5, 5.41) is 7.63. The van der Waals surface area contributed by atoms with Gasteiger partial charge >= 0.3 is 0 Å². The summed E-state index contributed by atoms with van der Waals surface area (Å²) in [7, 11) is 0. The highest BCUT2D eigenvalue weighted by molar-refractivity contribution is 5.90. The zero-order valence-corrected chi connectivity index (χ0v) is 7.88. The lowest BCUT2D eigenvalue weighted by Crippen LogP contribution is -2.42.